The second-order valence-electron chi connectivity index (χ2n) is 10.3. The van der Waals surface area contributed by atoms with Crippen LogP contribution in [-0.4, -0.2) is 84.4 Å². The monoisotopic (exact) mass is 498 g/mol. The maximum absolute atomic E-state index is 13.9. The van der Waals surface area contributed by atoms with Crippen LogP contribution in [0.15, 0.2) is 12.3 Å². The van der Waals surface area contributed by atoms with E-state index < -0.39 is 17.4 Å². The molecule has 1 amide bonds. The molecule has 11 heteroatoms. The first-order valence-corrected chi connectivity index (χ1v) is 12.5. The fraction of sp³-hybridized carbons (Fsp3) is 0.792. The van der Waals surface area contributed by atoms with E-state index in [4.69, 9.17) is 10.8 Å². The standard InChI is InChI=1S/C24H34F3N5O3/c1-3-23(7-4-15(11-23)29-18-6-9-35-14-19(18)34-2)22(33)32-13-16-10-17(32)12-31(16)20-5-8-28-21(30-20)24(25,26)27/h5,8,15-19,29H,3-4,6-7,9-14H2,1-2H3/t15-,16+,17+,18+,19-,23+/m1/s1/i2D. The van der Waals surface area contributed by atoms with Crippen molar-refractivity contribution < 1.29 is 28.8 Å². The molecule has 35 heavy (non-hydrogen) atoms. The molecule has 3 saturated heterocycles. The second-order valence-corrected chi connectivity index (χ2v) is 10.3. The Morgan fingerprint density at radius 1 is 1.37 bits per heavy atom. The maximum Gasteiger partial charge on any atom is 0.451 e. The average Bonchev–Trinajstić information content (AvgIpc) is 3.59. The van der Waals surface area contributed by atoms with Gasteiger partial charge in [0.1, 0.15) is 5.82 Å². The van der Waals surface area contributed by atoms with E-state index in [0.29, 0.717) is 26.3 Å². The van der Waals surface area contributed by atoms with Gasteiger partial charge in [-0.15, -0.1) is 0 Å². The molecule has 0 spiro atoms. The number of hydrogen-bond donors (Lipinski definition) is 1. The van der Waals surface area contributed by atoms with Crippen molar-refractivity contribution in [2.24, 2.45) is 5.41 Å². The van der Waals surface area contributed by atoms with Gasteiger partial charge in [0.25, 0.3) is 0 Å². The Hall–Kier alpha value is -1.98. The number of fused-ring (bicyclic) bond motifs is 2. The van der Waals surface area contributed by atoms with Gasteiger partial charge in [0.15, 0.2) is 0 Å². The highest BCUT2D eigenvalue weighted by Crippen LogP contribution is 2.46. The molecule has 1 aromatic rings. The zero-order valence-electron chi connectivity index (χ0n) is 21.0. The van der Waals surface area contributed by atoms with E-state index in [0.717, 1.165) is 44.7 Å². The normalized spacial score (nSPS) is 35.5. The minimum absolute atomic E-state index is 0.0208. The molecule has 194 valence electrons. The number of nitrogens with one attached hydrogen (secondary N) is 1. The van der Waals surface area contributed by atoms with Crippen LogP contribution in [-0.2, 0) is 20.4 Å². The topological polar surface area (TPSA) is 79.8 Å². The molecule has 0 aromatic carbocycles. The molecule has 4 heterocycles. The van der Waals surface area contributed by atoms with Gasteiger partial charge < -0.3 is 24.6 Å². The van der Waals surface area contributed by atoms with E-state index in [1.165, 1.54) is 6.07 Å². The number of hydrogen-bond acceptors (Lipinski definition) is 7. The third kappa shape index (κ3) is 4.62. The minimum Gasteiger partial charge on any atom is -0.379 e. The Labute approximate surface area is 205 Å². The minimum atomic E-state index is -4.59. The quantitative estimate of drug-likeness (QED) is 0.646. The number of halogens is 3. The summed E-state index contributed by atoms with van der Waals surface area (Å²) in [7, 11) is -0.102. The Kier molecular flexibility index (Phi) is 6.34. The van der Waals surface area contributed by atoms with Gasteiger partial charge in [0, 0.05) is 45.1 Å². The highest BCUT2D eigenvalue weighted by molar-refractivity contribution is 5.84. The lowest BCUT2D eigenvalue weighted by atomic mass is 9.81. The van der Waals surface area contributed by atoms with Crippen molar-refractivity contribution in [3.63, 3.8) is 0 Å². The van der Waals surface area contributed by atoms with Gasteiger partial charge in [-0.2, -0.15) is 13.2 Å². The summed E-state index contributed by atoms with van der Waals surface area (Å²) in [6.45, 7) is 4.20. The number of likely N-dealkylation sites (tertiary alicyclic amines) is 1. The first kappa shape index (κ1) is 23.4. The van der Waals surface area contributed by atoms with Crippen molar-refractivity contribution in [2.45, 2.75) is 81.9 Å². The largest absolute Gasteiger partial charge is 0.451 e. The molecule has 1 aromatic heterocycles. The number of carbonyl (C=O) groups excluding carboxylic acids is 1. The first-order valence-electron chi connectivity index (χ1n) is 13.2. The van der Waals surface area contributed by atoms with E-state index in [1.807, 2.05) is 9.80 Å². The SMILES string of the molecule is [2H]CO[C@@H]1COCC[C@@H]1N[C@@H]1CC[C@](CC)(C(=O)N2C[C@@H]3C[C@H]2CN3c2ccnc(C(F)(F)F)n2)C1. The number of ether oxygens (including phenoxy) is 2. The zero-order chi connectivity index (χ0) is 25.5. The van der Waals surface area contributed by atoms with Crippen molar-refractivity contribution in [1.82, 2.24) is 20.2 Å². The van der Waals surface area contributed by atoms with Gasteiger partial charge in [0.2, 0.25) is 11.7 Å². The van der Waals surface area contributed by atoms with Crippen molar-refractivity contribution >= 4 is 11.7 Å². The van der Waals surface area contributed by atoms with E-state index in [-0.39, 0.29) is 49.1 Å². The third-order valence-corrected chi connectivity index (χ3v) is 8.40. The van der Waals surface area contributed by atoms with Gasteiger partial charge >= 0.3 is 6.18 Å². The van der Waals surface area contributed by atoms with Crippen LogP contribution in [0.1, 0.15) is 52.6 Å². The van der Waals surface area contributed by atoms with E-state index in [9.17, 15) is 18.0 Å². The second kappa shape index (κ2) is 9.48. The lowest BCUT2D eigenvalue weighted by Gasteiger charge is -2.40. The number of piperazine rings is 1. The Balaban J connectivity index is 1.22. The summed E-state index contributed by atoms with van der Waals surface area (Å²) >= 11 is 0. The molecular formula is C24H34F3N5O3. The smallest absolute Gasteiger partial charge is 0.379 e. The predicted octanol–water partition coefficient (Wildman–Crippen LogP) is 2.63. The molecule has 4 aliphatic rings. The number of nitrogens with zero attached hydrogens (tertiary/aromatic N) is 4. The van der Waals surface area contributed by atoms with E-state index >= 15 is 0 Å². The van der Waals surface area contributed by atoms with Crippen LogP contribution in [0.4, 0.5) is 19.0 Å². The Bertz CT molecular complexity index is 954. The van der Waals surface area contributed by atoms with Crippen LogP contribution in [0, 0.1) is 5.41 Å². The number of alkyl halides is 3. The molecule has 4 fully saturated rings. The van der Waals surface area contributed by atoms with E-state index in [1.54, 1.807) is 0 Å². The molecule has 8 nitrogen and oxygen atoms in total. The number of amides is 1. The fourth-order valence-electron chi connectivity index (χ4n) is 6.45. The summed E-state index contributed by atoms with van der Waals surface area (Å²) in [6.07, 6.45) is 1.19. The molecule has 0 unspecified atom stereocenters. The van der Waals surface area contributed by atoms with Crippen molar-refractivity contribution in [3.05, 3.63) is 18.1 Å². The number of anilines is 1. The lowest BCUT2D eigenvalue weighted by Crippen LogP contribution is -2.54. The van der Waals surface area contributed by atoms with Crippen molar-refractivity contribution in [3.8, 4) is 0 Å². The van der Waals surface area contributed by atoms with E-state index in [2.05, 4.69) is 22.2 Å². The number of methoxy groups -OCH3 is 1. The molecule has 2 bridgehead atoms. The van der Waals surface area contributed by atoms with Gasteiger partial charge in [-0.25, -0.2) is 9.97 Å². The molecular weight excluding hydrogens is 463 g/mol. The van der Waals surface area contributed by atoms with Gasteiger partial charge in [-0.05, 0) is 44.6 Å². The van der Waals surface area contributed by atoms with Crippen LogP contribution in [0.3, 0.4) is 0 Å². The highest BCUT2D eigenvalue weighted by atomic mass is 19.4. The fourth-order valence-corrected chi connectivity index (χ4v) is 6.45. The Morgan fingerprint density at radius 2 is 2.23 bits per heavy atom. The summed E-state index contributed by atoms with van der Waals surface area (Å²) in [5.41, 5.74) is -0.428. The molecule has 6 atom stereocenters. The molecule has 1 saturated carbocycles. The summed E-state index contributed by atoms with van der Waals surface area (Å²) in [5.74, 6) is -0.691. The molecule has 5 rings (SSSR count). The molecule has 1 N–H and O–H groups in total. The number of carbonyl (C=O) groups is 1. The number of rotatable bonds is 6. The van der Waals surface area contributed by atoms with Crippen LogP contribution in [0.2, 0.25) is 0 Å². The molecule has 3 aliphatic heterocycles. The lowest BCUT2D eigenvalue weighted by molar-refractivity contribution is -0.145. The predicted molar refractivity (Wildman–Crippen MR) is 122 cm³/mol. The van der Waals surface area contributed by atoms with Crippen LogP contribution in [0.25, 0.3) is 0 Å². The first-order chi connectivity index (χ1) is 17.2. The zero-order valence-corrected chi connectivity index (χ0v) is 20.0. The maximum atomic E-state index is 13.9. The number of aromatic nitrogens is 2. The van der Waals surface area contributed by atoms with Crippen LogP contribution >= 0.6 is 0 Å². The summed E-state index contributed by atoms with van der Waals surface area (Å²) in [4.78, 5) is 24.8. The van der Waals surface area contributed by atoms with Crippen LogP contribution in [0.5, 0.6) is 0 Å². The highest BCUT2D eigenvalue weighted by Gasteiger charge is 2.53. The summed E-state index contributed by atoms with van der Waals surface area (Å²) in [5, 5.41) is 3.69. The molecule has 1 aliphatic carbocycles. The summed E-state index contributed by atoms with van der Waals surface area (Å²) < 4.78 is 57.7. The van der Waals surface area contributed by atoms with Crippen molar-refractivity contribution in [1.29, 1.82) is 0 Å². The molecule has 0 radical (unpaired) electrons. The summed E-state index contributed by atoms with van der Waals surface area (Å²) in [6, 6.07) is 1.77. The van der Waals surface area contributed by atoms with Crippen molar-refractivity contribution in [2.75, 3.05) is 38.3 Å². The van der Waals surface area contributed by atoms with Crippen LogP contribution < -0.4 is 10.2 Å². The third-order valence-electron chi connectivity index (χ3n) is 8.40. The van der Waals surface area contributed by atoms with Gasteiger partial charge in [-0.1, -0.05) is 6.92 Å². The Morgan fingerprint density at radius 3 is 2.94 bits per heavy atom. The van der Waals surface area contributed by atoms with Gasteiger partial charge in [0.05, 0.1) is 31.6 Å². The average molecular weight is 499 g/mol. The van der Waals surface area contributed by atoms with Gasteiger partial charge in [-0.3, -0.25) is 4.79 Å².